The Morgan fingerprint density at radius 3 is 1.89 bits per heavy atom. The summed E-state index contributed by atoms with van der Waals surface area (Å²) in [7, 11) is 3.27. The highest BCUT2D eigenvalue weighted by Crippen LogP contribution is 2.34. The lowest BCUT2D eigenvalue weighted by Gasteiger charge is -2.28. The van der Waals surface area contributed by atoms with Crippen LogP contribution in [0.3, 0.4) is 0 Å². The molecule has 2 unspecified atom stereocenters. The average Bonchev–Trinajstić information content (AvgIpc) is 2.41. The minimum Gasteiger partial charge on any atom is -0.469 e. The predicted octanol–water partition coefficient (Wildman–Crippen LogP) is 0.234. The van der Waals surface area contributed by atoms with Crippen LogP contribution in [0.15, 0.2) is 0 Å². The monoisotopic (exact) mass is 338 g/mol. The van der Waals surface area contributed by atoms with Gasteiger partial charge in [-0.2, -0.15) is 0 Å². The van der Waals surface area contributed by atoms with E-state index in [1.54, 1.807) is 0 Å². The number of carbonyl (C=O) groups is 4. The van der Waals surface area contributed by atoms with Gasteiger partial charge in [-0.3, -0.25) is 19.2 Å². The van der Waals surface area contributed by atoms with Crippen LogP contribution in [0.1, 0.15) is 13.3 Å². The molecule has 0 fully saturated rings. The highest BCUT2D eigenvalue weighted by atomic mass is 79.9. The molecule has 0 aliphatic rings. The number of rotatable bonds is 6. The zero-order valence-electron chi connectivity index (χ0n) is 11.0. The van der Waals surface area contributed by atoms with Gasteiger partial charge in [0.15, 0.2) is 10.1 Å². The molecule has 108 valence electrons. The number of alkyl halides is 1. The van der Waals surface area contributed by atoms with Crippen LogP contribution in [0.5, 0.6) is 0 Å². The number of ketones is 1. The fourth-order valence-corrected chi connectivity index (χ4v) is 1.97. The van der Waals surface area contributed by atoms with E-state index < -0.39 is 40.4 Å². The number of Topliss-reactive ketones (excluding diaryl/α,β-unsaturated/α-hetero) is 1. The van der Waals surface area contributed by atoms with Crippen LogP contribution >= 0.6 is 15.9 Å². The van der Waals surface area contributed by atoms with Gasteiger partial charge in [-0.05, 0) is 6.92 Å². The molecule has 0 aromatic carbocycles. The van der Waals surface area contributed by atoms with Crippen molar-refractivity contribution in [1.82, 2.24) is 0 Å². The van der Waals surface area contributed by atoms with Gasteiger partial charge in [-0.15, -0.1) is 0 Å². The molecule has 0 radical (unpaired) electrons. The highest BCUT2D eigenvalue weighted by Gasteiger charge is 2.54. The molecule has 0 amide bonds. The molecule has 0 aromatic heterocycles. The lowest BCUT2D eigenvalue weighted by atomic mass is 9.86. The van der Waals surface area contributed by atoms with Gasteiger partial charge in [0.2, 0.25) is 0 Å². The maximum Gasteiger partial charge on any atom is 0.331 e. The fraction of sp³-hybridized carbons (Fsp3) is 0.636. The van der Waals surface area contributed by atoms with Gasteiger partial charge in [0.25, 0.3) is 0 Å². The lowest BCUT2D eigenvalue weighted by Crippen LogP contribution is -2.51. The van der Waals surface area contributed by atoms with E-state index in [0.29, 0.717) is 0 Å². The molecule has 8 heteroatoms. The smallest absolute Gasteiger partial charge is 0.331 e. The first-order chi connectivity index (χ1) is 8.75. The third-order valence-corrected chi connectivity index (χ3v) is 3.99. The number of hydrogen-bond acceptors (Lipinski definition) is 7. The van der Waals surface area contributed by atoms with Crippen molar-refractivity contribution >= 4 is 39.6 Å². The zero-order chi connectivity index (χ0) is 15.2. The Labute approximate surface area is 118 Å². The maximum absolute atomic E-state index is 11.8. The third-order valence-electron chi connectivity index (χ3n) is 2.56. The molecule has 0 bridgehead atoms. The molecule has 0 aliphatic carbocycles. The van der Waals surface area contributed by atoms with Crippen LogP contribution < -0.4 is 0 Å². The predicted molar refractivity (Wildman–Crippen MR) is 66.5 cm³/mol. The summed E-state index contributed by atoms with van der Waals surface area (Å²) in [6.07, 6.45) is -0.497. The van der Waals surface area contributed by atoms with E-state index in [1.807, 2.05) is 0 Å². The van der Waals surface area contributed by atoms with E-state index in [2.05, 4.69) is 30.1 Å². The van der Waals surface area contributed by atoms with Crippen LogP contribution in [-0.4, -0.2) is 49.3 Å². The SMILES string of the molecule is COC(=O)CC(C(=O)OC)C(Br)(C(C)=O)C(=O)OC. The maximum atomic E-state index is 11.8. The normalized spacial score (nSPS) is 14.8. The second-order valence-electron chi connectivity index (χ2n) is 3.62. The first-order valence-corrected chi connectivity index (χ1v) is 5.97. The van der Waals surface area contributed by atoms with E-state index in [1.165, 1.54) is 0 Å². The largest absolute Gasteiger partial charge is 0.469 e. The summed E-state index contributed by atoms with van der Waals surface area (Å²) in [4.78, 5) is 46.5. The van der Waals surface area contributed by atoms with Crippen molar-refractivity contribution in [2.75, 3.05) is 21.3 Å². The molecule has 0 aliphatic heterocycles. The Morgan fingerprint density at radius 2 is 1.58 bits per heavy atom. The summed E-state index contributed by atoms with van der Waals surface area (Å²) in [6, 6.07) is 0. The van der Waals surface area contributed by atoms with Gasteiger partial charge >= 0.3 is 17.9 Å². The first-order valence-electron chi connectivity index (χ1n) is 5.18. The number of ether oxygens (including phenoxy) is 3. The zero-order valence-corrected chi connectivity index (χ0v) is 12.6. The Morgan fingerprint density at radius 1 is 1.05 bits per heavy atom. The molecule has 0 aromatic rings. The molecular formula is C11H15BrO7. The van der Waals surface area contributed by atoms with Crippen LogP contribution in [0.4, 0.5) is 0 Å². The van der Waals surface area contributed by atoms with Crippen LogP contribution in [0.25, 0.3) is 0 Å². The van der Waals surface area contributed by atoms with Crippen LogP contribution in [0.2, 0.25) is 0 Å². The molecule has 19 heavy (non-hydrogen) atoms. The van der Waals surface area contributed by atoms with Gasteiger partial charge in [-0.1, -0.05) is 15.9 Å². The van der Waals surface area contributed by atoms with E-state index in [9.17, 15) is 19.2 Å². The summed E-state index contributed by atoms with van der Waals surface area (Å²) in [5.41, 5.74) is 0. The number of esters is 3. The van der Waals surface area contributed by atoms with Gasteiger partial charge in [0, 0.05) is 0 Å². The molecular weight excluding hydrogens is 324 g/mol. The van der Waals surface area contributed by atoms with Crippen molar-refractivity contribution in [1.29, 1.82) is 0 Å². The standard InChI is InChI=1S/C11H15BrO7/c1-6(13)11(12,10(16)19-4)7(9(15)18-3)5-8(14)17-2/h7H,5H2,1-4H3. The molecule has 0 saturated carbocycles. The molecule has 0 heterocycles. The topological polar surface area (TPSA) is 96.0 Å². The summed E-state index contributed by atoms with van der Waals surface area (Å²) in [5.74, 6) is -4.71. The molecule has 0 rings (SSSR count). The first kappa shape index (κ1) is 17.6. The highest BCUT2D eigenvalue weighted by molar-refractivity contribution is 9.10. The van der Waals surface area contributed by atoms with Gasteiger partial charge in [0.1, 0.15) is 5.92 Å². The van der Waals surface area contributed by atoms with Crippen LogP contribution in [0, 0.1) is 5.92 Å². The minimum absolute atomic E-state index is 0.497. The number of halogens is 1. The molecule has 7 nitrogen and oxygen atoms in total. The molecule has 0 spiro atoms. The third kappa shape index (κ3) is 3.76. The van der Waals surface area contributed by atoms with E-state index >= 15 is 0 Å². The average molecular weight is 339 g/mol. The summed E-state index contributed by atoms with van der Waals surface area (Å²) >= 11 is 2.91. The van der Waals surface area contributed by atoms with Gasteiger partial charge in [-0.25, -0.2) is 0 Å². The number of carbonyl (C=O) groups excluding carboxylic acids is 4. The summed E-state index contributed by atoms with van der Waals surface area (Å²) in [5, 5.41) is 0. The van der Waals surface area contributed by atoms with Crippen molar-refractivity contribution in [3.05, 3.63) is 0 Å². The van der Waals surface area contributed by atoms with E-state index in [0.717, 1.165) is 28.3 Å². The van der Waals surface area contributed by atoms with Gasteiger partial charge < -0.3 is 14.2 Å². The van der Waals surface area contributed by atoms with Crippen molar-refractivity contribution in [3.8, 4) is 0 Å². The minimum atomic E-state index is -1.98. The molecule has 0 saturated heterocycles. The Bertz CT molecular complexity index is 393. The second-order valence-corrected chi connectivity index (χ2v) is 4.87. The van der Waals surface area contributed by atoms with Crippen molar-refractivity contribution < 1.29 is 33.4 Å². The van der Waals surface area contributed by atoms with E-state index in [4.69, 9.17) is 0 Å². The fourth-order valence-electron chi connectivity index (χ4n) is 1.46. The number of methoxy groups -OCH3 is 3. The van der Waals surface area contributed by atoms with Crippen molar-refractivity contribution in [2.24, 2.45) is 5.92 Å². The Hall–Kier alpha value is -1.44. The Kier molecular flexibility index (Phi) is 6.68. The second kappa shape index (κ2) is 7.22. The van der Waals surface area contributed by atoms with Crippen LogP contribution in [-0.2, 0) is 33.4 Å². The van der Waals surface area contributed by atoms with Crippen molar-refractivity contribution in [2.45, 2.75) is 17.7 Å². The lowest BCUT2D eigenvalue weighted by molar-refractivity contribution is -0.160. The van der Waals surface area contributed by atoms with Crippen molar-refractivity contribution in [3.63, 3.8) is 0 Å². The Balaban J connectivity index is 5.62. The number of hydrogen-bond donors (Lipinski definition) is 0. The molecule has 2 atom stereocenters. The quantitative estimate of drug-likeness (QED) is 0.296. The van der Waals surface area contributed by atoms with Gasteiger partial charge in [0.05, 0.1) is 27.8 Å². The summed E-state index contributed by atoms with van der Waals surface area (Å²) < 4.78 is 11.5. The summed E-state index contributed by atoms with van der Waals surface area (Å²) in [6.45, 7) is 1.10. The van der Waals surface area contributed by atoms with E-state index in [-0.39, 0.29) is 0 Å². The molecule has 0 N–H and O–H groups in total.